The molecule has 0 amide bonds. The van der Waals surface area contributed by atoms with Gasteiger partial charge in [0.1, 0.15) is 17.4 Å². The number of fused-ring (bicyclic) bond motifs is 1. The molecular formula is C26H26FN5O. The fraction of sp³-hybridized carbons (Fsp3) is 0.269. The first-order valence-corrected chi connectivity index (χ1v) is 11.1. The number of methoxy groups -OCH3 is 1. The van der Waals surface area contributed by atoms with Gasteiger partial charge in [0.15, 0.2) is 5.82 Å². The van der Waals surface area contributed by atoms with Crippen molar-refractivity contribution in [3.8, 4) is 11.4 Å². The third kappa shape index (κ3) is 4.31. The Labute approximate surface area is 192 Å². The molecule has 0 saturated heterocycles. The maximum absolute atomic E-state index is 13.4. The van der Waals surface area contributed by atoms with Gasteiger partial charge in [0.2, 0.25) is 0 Å². The highest BCUT2D eigenvalue weighted by atomic mass is 19.1. The molecule has 0 saturated carbocycles. The summed E-state index contributed by atoms with van der Waals surface area (Å²) in [5, 5.41) is 4.72. The summed E-state index contributed by atoms with van der Waals surface area (Å²) >= 11 is 0. The number of nitrogens with zero attached hydrogens (tertiary/aromatic N) is 5. The molecule has 0 unspecified atom stereocenters. The Morgan fingerprint density at radius 1 is 1.12 bits per heavy atom. The Hall–Kier alpha value is -3.74. The summed E-state index contributed by atoms with van der Waals surface area (Å²) in [7, 11) is 1.66. The second kappa shape index (κ2) is 8.65. The van der Waals surface area contributed by atoms with Crippen LogP contribution in [0.5, 0.6) is 5.75 Å². The summed E-state index contributed by atoms with van der Waals surface area (Å²) in [4.78, 5) is 9.11. The molecule has 0 N–H and O–H groups in total. The van der Waals surface area contributed by atoms with Crippen LogP contribution in [0.3, 0.4) is 0 Å². The number of aromatic nitrogens is 5. The van der Waals surface area contributed by atoms with Gasteiger partial charge < -0.3 is 9.30 Å². The fourth-order valence-electron chi connectivity index (χ4n) is 4.43. The molecule has 168 valence electrons. The van der Waals surface area contributed by atoms with Crippen LogP contribution < -0.4 is 4.74 Å². The smallest absolute Gasteiger partial charge is 0.174 e. The number of rotatable bonds is 5. The maximum atomic E-state index is 13.4. The highest BCUT2D eigenvalue weighted by Gasteiger charge is 2.29. The molecular weight excluding hydrogens is 417 g/mol. The number of hydrogen-bond acceptors (Lipinski definition) is 4. The summed E-state index contributed by atoms with van der Waals surface area (Å²) < 4.78 is 23.0. The number of ether oxygens (including phenoxy) is 1. The van der Waals surface area contributed by atoms with Crippen molar-refractivity contribution in [2.75, 3.05) is 7.11 Å². The zero-order valence-corrected chi connectivity index (χ0v) is 18.9. The summed E-state index contributed by atoms with van der Waals surface area (Å²) in [5.74, 6) is 2.72. The molecule has 0 spiro atoms. The molecule has 1 aliphatic rings. The second-order valence-electron chi connectivity index (χ2n) is 8.64. The van der Waals surface area contributed by atoms with Gasteiger partial charge in [-0.3, -0.25) is 0 Å². The van der Waals surface area contributed by atoms with Crippen molar-refractivity contribution in [1.82, 2.24) is 24.3 Å². The zero-order valence-electron chi connectivity index (χ0n) is 18.9. The van der Waals surface area contributed by atoms with Gasteiger partial charge in [-0.15, -0.1) is 0 Å². The largest absolute Gasteiger partial charge is 0.495 e. The van der Waals surface area contributed by atoms with E-state index in [0.717, 1.165) is 47.0 Å². The van der Waals surface area contributed by atoms with Crippen LogP contribution in [0.15, 0.2) is 55.0 Å². The quantitative estimate of drug-likeness (QED) is 0.422. The summed E-state index contributed by atoms with van der Waals surface area (Å²) in [6.07, 6.45) is 8.63. The van der Waals surface area contributed by atoms with Crippen LogP contribution in [-0.2, 0) is 6.54 Å². The molecule has 7 heteroatoms. The molecule has 2 aromatic heterocycles. The minimum atomic E-state index is -0.225. The highest BCUT2D eigenvalue weighted by molar-refractivity contribution is 5.69. The number of halogens is 1. The van der Waals surface area contributed by atoms with E-state index in [4.69, 9.17) is 14.8 Å². The van der Waals surface area contributed by atoms with E-state index in [-0.39, 0.29) is 11.7 Å². The average Bonchev–Trinajstić information content (AvgIpc) is 3.43. The number of aryl methyl sites for hydroxylation is 1. The number of benzene rings is 2. The van der Waals surface area contributed by atoms with E-state index in [0.29, 0.717) is 11.7 Å². The highest BCUT2D eigenvalue weighted by Crippen LogP contribution is 2.35. The van der Waals surface area contributed by atoms with Gasteiger partial charge >= 0.3 is 0 Å². The van der Waals surface area contributed by atoms with E-state index < -0.39 is 0 Å². The molecule has 0 fully saturated rings. The van der Waals surface area contributed by atoms with Crippen LogP contribution in [0.25, 0.3) is 17.8 Å². The molecule has 33 heavy (non-hydrogen) atoms. The predicted molar refractivity (Wildman–Crippen MR) is 126 cm³/mol. The molecule has 6 nitrogen and oxygen atoms in total. The van der Waals surface area contributed by atoms with Crippen molar-refractivity contribution in [3.05, 3.63) is 89.3 Å². The third-order valence-electron chi connectivity index (χ3n) is 6.04. The lowest BCUT2D eigenvalue weighted by molar-refractivity contribution is 0.342. The molecule has 2 atom stereocenters. The zero-order chi connectivity index (χ0) is 22.9. The van der Waals surface area contributed by atoms with E-state index in [1.807, 2.05) is 64.9 Å². The van der Waals surface area contributed by atoms with E-state index in [2.05, 4.69) is 11.9 Å². The summed E-state index contributed by atoms with van der Waals surface area (Å²) in [6.45, 7) is 5.01. The summed E-state index contributed by atoms with van der Waals surface area (Å²) in [5.41, 5.74) is 3.94. The normalized spacial score (nSPS) is 17.9. The van der Waals surface area contributed by atoms with Crippen molar-refractivity contribution in [3.63, 3.8) is 0 Å². The van der Waals surface area contributed by atoms with Crippen molar-refractivity contribution < 1.29 is 9.13 Å². The SMILES string of the molecule is COc1cc(C=Cc2nc3n(n2)C[C@H](C)C[C@H]3c2ccc(F)cc2)ccc1-n1cnc(C)c1. The lowest BCUT2D eigenvalue weighted by atomic mass is 9.86. The van der Waals surface area contributed by atoms with Crippen molar-refractivity contribution in [2.24, 2.45) is 5.92 Å². The van der Waals surface area contributed by atoms with Crippen LogP contribution in [0, 0.1) is 18.7 Å². The standard InChI is InChI=1S/C26H26FN5O/c1-17-12-22(20-6-8-21(27)9-7-20)26-29-25(30-32(26)14-17)11-5-19-4-10-23(24(13-19)33-3)31-15-18(2)28-16-31/h4-11,13,15-17,22H,12,14H2,1-3H3/t17-,22+/m1/s1. The molecule has 0 aliphatic carbocycles. The van der Waals surface area contributed by atoms with Gasteiger partial charge in [-0.25, -0.2) is 19.0 Å². The fourth-order valence-corrected chi connectivity index (χ4v) is 4.43. The molecule has 5 rings (SSSR count). The Bertz CT molecular complexity index is 1300. The van der Waals surface area contributed by atoms with Gasteiger partial charge in [0.05, 0.1) is 24.8 Å². The van der Waals surface area contributed by atoms with Gasteiger partial charge in [-0.1, -0.05) is 31.2 Å². The molecule has 1 aliphatic heterocycles. The Balaban J connectivity index is 1.42. The van der Waals surface area contributed by atoms with Crippen molar-refractivity contribution in [2.45, 2.75) is 32.7 Å². The van der Waals surface area contributed by atoms with Crippen LogP contribution in [-0.4, -0.2) is 31.4 Å². The predicted octanol–water partition coefficient (Wildman–Crippen LogP) is 5.26. The summed E-state index contributed by atoms with van der Waals surface area (Å²) in [6, 6.07) is 12.8. The molecule has 3 heterocycles. The molecule has 0 radical (unpaired) electrons. The van der Waals surface area contributed by atoms with Crippen molar-refractivity contribution >= 4 is 12.2 Å². The molecule has 4 aromatic rings. The van der Waals surface area contributed by atoms with Crippen LogP contribution in [0.1, 0.15) is 47.7 Å². The van der Waals surface area contributed by atoms with Gasteiger partial charge in [-0.2, -0.15) is 5.10 Å². The van der Waals surface area contributed by atoms with E-state index in [1.165, 1.54) is 12.1 Å². The molecule has 2 aromatic carbocycles. The number of imidazole rings is 1. The molecule has 0 bridgehead atoms. The van der Waals surface area contributed by atoms with E-state index in [9.17, 15) is 4.39 Å². The van der Waals surface area contributed by atoms with Crippen LogP contribution in [0.4, 0.5) is 4.39 Å². The van der Waals surface area contributed by atoms with Crippen molar-refractivity contribution in [1.29, 1.82) is 0 Å². The maximum Gasteiger partial charge on any atom is 0.174 e. The Morgan fingerprint density at radius 2 is 1.94 bits per heavy atom. The van der Waals surface area contributed by atoms with E-state index >= 15 is 0 Å². The minimum absolute atomic E-state index is 0.113. The number of hydrogen-bond donors (Lipinski definition) is 0. The van der Waals surface area contributed by atoms with E-state index in [1.54, 1.807) is 13.4 Å². The van der Waals surface area contributed by atoms with Gasteiger partial charge in [0, 0.05) is 18.7 Å². The average molecular weight is 444 g/mol. The first-order chi connectivity index (χ1) is 16.0. The van der Waals surface area contributed by atoms with Crippen LogP contribution >= 0.6 is 0 Å². The monoisotopic (exact) mass is 443 g/mol. The van der Waals surface area contributed by atoms with Gasteiger partial charge in [0.25, 0.3) is 0 Å². The van der Waals surface area contributed by atoms with Gasteiger partial charge in [-0.05, 0) is 60.7 Å². The first-order valence-electron chi connectivity index (χ1n) is 11.1. The third-order valence-corrected chi connectivity index (χ3v) is 6.04. The lowest BCUT2D eigenvalue weighted by Crippen LogP contribution is -2.24. The van der Waals surface area contributed by atoms with Crippen LogP contribution in [0.2, 0.25) is 0 Å². The lowest BCUT2D eigenvalue weighted by Gasteiger charge is -2.27. The Kier molecular flexibility index (Phi) is 5.54. The second-order valence-corrected chi connectivity index (χ2v) is 8.64. The topological polar surface area (TPSA) is 57.8 Å². The minimum Gasteiger partial charge on any atom is -0.495 e. The first kappa shape index (κ1) is 21.1. The Morgan fingerprint density at radius 3 is 2.67 bits per heavy atom.